The summed E-state index contributed by atoms with van der Waals surface area (Å²) in [6.07, 6.45) is 0.394. The molecular weight excluding hydrogens is 276 g/mol. The minimum Gasteiger partial charge on any atom is -0.337 e. The predicted molar refractivity (Wildman–Crippen MR) is 81.1 cm³/mol. The highest BCUT2D eigenvalue weighted by Crippen LogP contribution is 2.16. The number of H-pyrrole nitrogens is 1. The van der Waals surface area contributed by atoms with E-state index in [0.29, 0.717) is 6.42 Å². The Hall–Kier alpha value is -1.59. The van der Waals surface area contributed by atoms with E-state index < -0.39 is 0 Å². The molecule has 0 bridgehead atoms. The molecule has 5 nitrogen and oxygen atoms in total. The lowest BCUT2D eigenvalue weighted by atomic mass is 10.1. The number of aromatic nitrogens is 2. The maximum absolute atomic E-state index is 12.4. The smallest absolute Gasteiger partial charge is 0.228 e. The molecule has 1 amide bonds. The second-order valence-corrected chi connectivity index (χ2v) is 5.04. The molecule has 3 rings (SSSR count). The molecule has 1 aliphatic rings. The first-order valence-electron chi connectivity index (χ1n) is 6.68. The molecule has 2 heterocycles. The van der Waals surface area contributed by atoms with Crippen molar-refractivity contribution in [1.29, 1.82) is 0 Å². The third-order valence-electron chi connectivity index (χ3n) is 3.69. The van der Waals surface area contributed by atoms with Gasteiger partial charge in [-0.3, -0.25) is 9.89 Å². The molecule has 0 spiro atoms. The van der Waals surface area contributed by atoms with Crippen LogP contribution < -0.4 is 5.32 Å². The van der Waals surface area contributed by atoms with Crippen molar-refractivity contribution >= 4 is 29.2 Å². The van der Waals surface area contributed by atoms with Crippen molar-refractivity contribution in [3.63, 3.8) is 0 Å². The van der Waals surface area contributed by atoms with Crippen LogP contribution in [0.4, 0.5) is 0 Å². The molecule has 0 radical (unpaired) electrons. The Kier molecular flexibility index (Phi) is 4.62. The third kappa shape index (κ3) is 2.78. The summed E-state index contributed by atoms with van der Waals surface area (Å²) in [4.78, 5) is 14.3. The van der Waals surface area contributed by atoms with E-state index in [4.69, 9.17) is 0 Å². The lowest BCUT2D eigenvalue weighted by Gasteiger charge is -2.34. The van der Waals surface area contributed by atoms with Gasteiger partial charge in [-0.05, 0) is 13.0 Å². The number of benzene rings is 1. The van der Waals surface area contributed by atoms with Crippen LogP contribution in [-0.2, 0) is 11.2 Å². The molecule has 1 aromatic carbocycles. The first-order chi connectivity index (χ1) is 9.25. The van der Waals surface area contributed by atoms with E-state index in [1.165, 1.54) is 0 Å². The Morgan fingerprint density at radius 2 is 2.25 bits per heavy atom. The van der Waals surface area contributed by atoms with E-state index in [2.05, 4.69) is 22.4 Å². The molecule has 108 valence electrons. The van der Waals surface area contributed by atoms with Gasteiger partial charge in [0.25, 0.3) is 0 Å². The zero-order valence-electron chi connectivity index (χ0n) is 11.4. The van der Waals surface area contributed by atoms with Crippen LogP contribution in [0.1, 0.15) is 12.6 Å². The van der Waals surface area contributed by atoms with Crippen LogP contribution in [0.2, 0.25) is 0 Å². The van der Waals surface area contributed by atoms with Gasteiger partial charge in [0, 0.05) is 31.1 Å². The topological polar surface area (TPSA) is 61.0 Å². The normalized spacial score (nSPS) is 18.9. The van der Waals surface area contributed by atoms with Crippen LogP contribution in [0, 0.1) is 0 Å². The van der Waals surface area contributed by atoms with Crippen molar-refractivity contribution < 1.29 is 4.79 Å². The molecule has 0 unspecified atom stereocenters. The summed E-state index contributed by atoms with van der Waals surface area (Å²) in [6.45, 7) is 4.61. The SMILES string of the molecule is C[C@@H]1CNCCN1C(=O)Cc1[nH]nc2ccccc12.Cl. The third-order valence-corrected chi connectivity index (χ3v) is 3.69. The molecule has 1 saturated heterocycles. The van der Waals surface area contributed by atoms with Crippen molar-refractivity contribution in [3.05, 3.63) is 30.0 Å². The minimum atomic E-state index is 0. The van der Waals surface area contributed by atoms with Crippen LogP contribution in [0.25, 0.3) is 10.9 Å². The van der Waals surface area contributed by atoms with Crippen LogP contribution in [0.15, 0.2) is 24.3 Å². The highest BCUT2D eigenvalue weighted by molar-refractivity contribution is 5.87. The maximum Gasteiger partial charge on any atom is 0.228 e. The Balaban J connectivity index is 0.00000147. The van der Waals surface area contributed by atoms with Crippen LogP contribution in [0.5, 0.6) is 0 Å². The van der Waals surface area contributed by atoms with Gasteiger partial charge in [-0.25, -0.2) is 0 Å². The van der Waals surface area contributed by atoms with Crippen molar-refractivity contribution in [3.8, 4) is 0 Å². The predicted octanol–water partition coefficient (Wildman–Crippen LogP) is 1.35. The van der Waals surface area contributed by atoms with Gasteiger partial charge in [0.1, 0.15) is 0 Å². The number of amides is 1. The Morgan fingerprint density at radius 3 is 3.05 bits per heavy atom. The summed E-state index contributed by atoms with van der Waals surface area (Å²) in [7, 11) is 0. The van der Waals surface area contributed by atoms with Crippen molar-refractivity contribution in [1.82, 2.24) is 20.4 Å². The maximum atomic E-state index is 12.4. The molecule has 20 heavy (non-hydrogen) atoms. The summed E-state index contributed by atoms with van der Waals surface area (Å²) in [5.74, 6) is 0.170. The van der Waals surface area contributed by atoms with Gasteiger partial charge in [-0.15, -0.1) is 12.4 Å². The highest BCUT2D eigenvalue weighted by Gasteiger charge is 2.23. The monoisotopic (exact) mass is 294 g/mol. The van der Waals surface area contributed by atoms with Crippen molar-refractivity contribution in [2.45, 2.75) is 19.4 Å². The molecule has 0 aliphatic carbocycles. The number of rotatable bonds is 2. The van der Waals surface area contributed by atoms with Gasteiger partial charge in [0.2, 0.25) is 5.91 Å². The lowest BCUT2D eigenvalue weighted by Crippen LogP contribution is -2.52. The van der Waals surface area contributed by atoms with Crippen LogP contribution in [-0.4, -0.2) is 46.7 Å². The number of nitrogens with one attached hydrogen (secondary N) is 2. The molecule has 2 N–H and O–H groups in total. The lowest BCUT2D eigenvalue weighted by molar-refractivity contribution is -0.133. The molecule has 1 atom stereocenters. The fraction of sp³-hybridized carbons (Fsp3) is 0.429. The molecular formula is C14H19ClN4O. The second-order valence-electron chi connectivity index (χ2n) is 5.04. The molecule has 1 aromatic heterocycles. The van der Waals surface area contributed by atoms with E-state index in [9.17, 15) is 4.79 Å². The molecule has 6 heteroatoms. The number of hydrogen-bond acceptors (Lipinski definition) is 3. The number of fused-ring (bicyclic) bond motifs is 1. The number of halogens is 1. The summed E-state index contributed by atoms with van der Waals surface area (Å²) >= 11 is 0. The number of hydrogen-bond donors (Lipinski definition) is 2. The molecule has 1 fully saturated rings. The zero-order chi connectivity index (χ0) is 13.2. The Morgan fingerprint density at radius 1 is 1.45 bits per heavy atom. The summed E-state index contributed by atoms with van der Waals surface area (Å²) in [6, 6.07) is 8.14. The van der Waals surface area contributed by atoms with Crippen LogP contribution >= 0.6 is 12.4 Å². The van der Waals surface area contributed by atoms with Crippen molar-refractivity contribution in [2.75, 3.05) is 19.6 Å². The van der Waals surface area contributed by atoms with Gasteiger partial charge >= 0.3 is 0 Å². The summed E-state index contributed by atoms with van der Waals surface area (Å²) < 4.78 is 0. The number of carbonyl (C=O) groups is 1. The number of para-hydroxylation sites is 1. The van der Waals surface area contributed by atoms with E-state index in [-0.39, 0.29) is 24.4 Å². The first-order valence-corrected chi connectivity index (χ1v) is 6.68. The number of nitrogens with zero attached hydrogens (tertiary/aromatic N) is 2. The highest BCUT2D eigenvalue weighted by atomic mass is 35.5. The minimum absolute atomic E-state index is 0. The van der Waals surface area contributed by atoms with E-state index >= 15 is 0 Å². The first kappa shape index (κ1) is 14.8. The van der Waals surface area contributed by atoms with E-state index in [0.717, 1.165) is 36.2 Å². The van der Waals surface area contributed by atoms with Gasteiger partial charge in [-0.1, -0.05) is 18.2 Å². The molecule has 0 saturated carbocycles. The summed E-state index contributed by atoms with van der Waals surface area (Å²) in [5, 5.41) is 11.5. The fourth-order valence-electron chi connectivity index (χ4n) is 2.61. The van der Waals surface area contributed by atoms with Gasteiger partial charge in [0.05, 0.1) is 17.6 Å². The number of piperazine rings is 1. The van der Waals surface area contributed by atoms with E-state index in [1.54, 1.807) is 0 Å². The molecule has 2 aromatic rings. The van der Waals surface area contributed by atoms with Crippen molar-refractivity contribution in [2.24, 2.45) is 0 Å². The average Bonchev–Trinajstić information content (AvgIpc) is 2.83. The Bertz CT molecular complexity index is 598. The molecule has 1 aliphatic heterocycles. The summed E-state index contributed by atoms with van der Waals surface area (Å²) in [5.41, 5.74) is 1.82. The Labute approximate surface area is 124 Å². The van der Waals surface area contributed by atoms with Crippen LogP contribution in [0.3, 0.4) is 0 Å². The van der Waals surface area contributed by atoms with Gasteiger partial charge < -0.3 is 10.2 Å². The van der Waals surface area contributed by atoms with Gasteiger partial charge in [-0.2, -0.15) is 5.10 Å². The standard InChI is InChI=1S/C14H18N4O.ClH/c1-10-9-15-6-7-18(10)14(19)8-13-11-4-2-3-5-12(11)16-17-13;/h2-5,10,15H,6-9H2,1H3,(H,16,17);1H/t10-;/m1./s1. The number of carbonyl (C=O) groups excluding carboxylic acids is 1. The largest absolute Gasteiger partial charge is 0.337 e. The van der Waals surface area contributed by atoms with Gasteiger partial charge in [0.15, 0.2) is 0 Å². The fourth-order valence-corrected chi connectivity index (χ4v) is 2.61. The number of aromatic amines is 1. The van der Waals surface area contributed by atoms with E-state index in [1.807, 2.05) is 29.2 Å². The average molecular weight is 295 g/mol. The quantitative estimate of drug-likeness (QED) is 0.879. The zero-order valence-corrected chi connectivity index (χ0v) is 12.2. The second kappa shape index (κ2) is 6.24.